The second-order valence-corrected chi connectivity index (χ2v) is 9.84. The van der Waals surface area contributed by atoms with Crippen LogP contribution in [0.2, 0.25) is 5.02 Å². The molecule has 0 bridgehead atoms. The summed E-state index contributed by atoms with van der Waals surface area (Å²) in [6.45, 7) is 3.50. The van der Waals surface area contributed by atoms with Crippen molar-refractivity contribution >= 4 is 33.2 Å². The highest BCUT2D eigenvalue weighted by atomic mass is 35.5. The molecule has 3 rings (SSSR count). The molecular formula is C24H25ClN2O4S. The van der Waals surface area contributed by atoms with Crippen molar-refractivity contribution in [2.75, 3.05) is 19.0 Å². The standard InChI is InChI=1S/C24H25ClN2O4S/c1-17-5-4-6-19(13-17)15-27(32(29,30)21-10-8-20(25)9-11-21)16-24(28)26-22-14-18(2)7-12-23(22)31-3/h4-14H,15-16H2,1-3H3,(H,26,28). The Morgan fingerprint density at radius 2 is 1.69 bits per heavy atom. The highest BCUT2D eigenvalue weighted by Gasteiger charge is 2.27. The molecule has 0 saturated heterocycles. The Morgan fingerprint density at radius 3 is 2.34 bits per heavy atom. The molecule has 6 nitrogen and oxygen atoms in total. The van der Waals surface area contributed by atoms with Crippen molar-refractivity contribution < 1.29 is 17.9 Å². The van der Waals surface area contributed by atoms with Crippen molar-refractivity contribution in [1.29, 1.82) is 0 Å². The van der Waals surface area contributed by atoms with Crippen molar-refractivity contribution in [3.63, 3.8) is 0 Å². The Bertz CT molecular complexity index is 1210. The summed E-state index contributed by atoms with van der Waals surface area (Å²) in [6, 6.07) is 18.8. The van der Waals surface area contributed by atoms with Gasteiger partial charge in [-0.1, -0.05) is 47.5 Å². The fraction of sp³-hybridized carbons (Fsp3) is 0.208. The van der Waals surface area contributed by atoms with E-state index in [2.05, 4.69) is 5.32 Å². The lowest BCUT2D eigenvalue weighted by atomic mass is 10.1. The molecule has 3 aromatic rings. The van der Waals surface area contributed by atoms with Gasteiger partial charge >= 0.3 is 0 Å². The lowest BCUT2D eigenvalue weighted by Gasteiger charge is -2.22. The molecular weight excluding hydrogens is 448 g/mol. The number of nitrogens with zero attached hydrogens (tertiary/aromatic N) is 1. The molecule has 0 spiro atoms. The average molecular weight is 473 g/mol. The zero-order chi connectivity index (χ0) is 23.3. The zero-order valence-corrected chi connectivity index (χ0v) is 19.7. The van der Waals surface area contributed by atoms with Crippen LogP contribution in [0.25, 0.3) is 0 Å². The van der Waals surface area contributed by atoms with Gasteiger partial charge in [0.05, 0.1) is 24.2 Å². The number of hydrogen-bond acceptors (Lipinski definition) is 4. The van der Waals surface area contributed by atoms with Gasteiger partial charge in [0.1, 0.15) is 5.75 Å². The number of halogens is 1. The number of hydrogen-bond donors (Lipinski definition) is 1. The van der Waals surface area contributed by atoms with Crippen molar-refractivity contribution in [1.82, 2.24) is 4.31 Å². The third-order valence-corrected chi connectivity index (χ3v) is 6.90. The van der Waals surface area contributed by atoms with Crippen LogP contribution in [-0.2, 0) is 21.4 Å². The predicted molar refractivity (Wildman–Crippen MR) is 127 cm³/mol. The molecule has 0 aliphatic heterocycles. The molecule has 8 heteroatoms. The molecule has 0 aliphatic carbocycles. The Kier molecular flexibility index (Phi) is 7.56. The molecule has 32 heavy (non-hydrogen) atoms. The van der Waals surface area contributed by atoms with Gasteiger partial charge in [-0.25, -0.2) is 8.42 Å². The van der Waals surface area contributed by atoms with Gasteiger partial charge in [0.2, 0.25) is 15.9 Å². The van der Waals surface area contributed by atoms with Crippen LogP contribution in [0.4, 0.5) is 5.69 Å². The Morgan fingerprint density at radius 1 is 1.00 bits per heavy atom. The van der Waals surface area contributed by atoms with E-state index in [9.17, 15) is 13.2 Å². The second-order valence-electron chi connectivity index (χ2n) is 7.47. The monoisotopic (exact) mass is 472 g/mol. The fourth-order valence-electron chi connectivity index (χ4n) is 3.27. The van der Waals surface area contributed by atoms with E-state index < -0.39 is 15.9 Å². The largest absolute Gasteiger partial charge is 0.495 e. The summed E-state index contributed by atoms with van der Waals surface area (Å²) in [5.41, 5.74) is 3.20. The SMILES string of the molecule is COc1ccc(C)cc1NC(=O)CN(Cc1cccc(C)c1)S(=O)(=O)c1ccc(Cl)cc1. The number of benzene rings is 3. The van der Waals surface area contributed by atoms with Crippen LogP contribution in [0.1, 0.15) is 16.7 Å². The number of rotatable bonds is 8. The maximum atomic E-state index is 13.4. The molecule has 0 aliphatic rings. The zero-order valence-electron chi connectivity index (χ0n) is 18.1. The van der Waals surface area contributed by atoms with E-state index in [0.29, 0.717) is 16.5 Å². The van der Waals surface area contributed by atoms with E-state index in [4.69, 9.17) is 16.3 Å². The topological polar surface area (TPSA) is 75.7 Å². The van der Waals surface area contributed by atoms with E-state index in [1.807, 2.05) is 44.2 Å². The van der Waals surface area contributed by atoms with Crippen LogP contribution < -0.4 is 10.1 Å². The number of sulfonamides is 1. The third-order valence-electron chi connectivity index (χ3n) is 4.84. The van der Waals surface area contributed by atoms with E-state index in [1.54, 1.807) is 12.1 Å². The molecule has 1 N–H and O–H groups in total. The van der Waals surface area contributed by atoms with Crippen molar-refractivity contribution in [2.45, 2.75) is 25.3 Å². The first-order chi connectivity index (χ1) is 15.2. The normalized spacial score (nSPS) is 11.4. The van der Waals surface area contributed by atoms with E-state index in [1.165, 1.54) is 31.4 Å². The number of carbonyl (C=O) groups excluding carboxylic acids is 1. The summed E-state index contributed by atoms with van der Waals surface area (Å²) >= 11 is 5.92. The average Bonchev–Trinajstić information content (AvgIpc) is 2.74. The molecule has 168 valence electrons. The highest BCUT2D eigenvalue weighted by Crippen LogP contribution is 2.26. The number of nitrogens with one attached hydrogen (secondary N) is 1. The Balaban J connectivity index is 1.91. The van der Waals surface area contributed by atoms with Gasteiger partial charge in [0, 0.05) is 11.6 Å². The number of methoxy groups -OCH3 is 1. The van der Waals surface area contributed by atoms with Crippen LogP contribution >= 0.6 is 11.6 Å². The number of aryl methyl sites for hydroxylation is 2. The lowest BCUT2D eigenvalue weighted by molar-refractivity contribution is -0.116. The molecule has 3 aromatic carbocycles. The van der Waals surface area contributed by atoms with Gasteiger partial charge in [-0.15, -0.1) is 0 Å². The second kappa shape index (κ2) is 10.2. The minimum atomic E-state index is -3.96. The first-order valence-corrected chi connectivity index (χ1v) is 11.8. The molecule has 0 fully saturated rings. The van der Waals surface area contributed by atoms with Crippen LogP contribution in [0.15, 0.2) is 71.6 Å². The summed E-state index contributed by atoms with van der Waals surface area (Å²) in [7, 11) is -2.45. The van der Waals surface area contributed by atoms with Gasteiger partial charge in [-0.3, -0.25) is 4.79 Å². The first-order valence-electron chi connectivity index (χ1n) is 9.95. The minimum Gasteiger partial charge on any atom is -0.495 e. The van der Waals surface area contributed by atoms with E-state index in [0.717, 1.165) is 21.0 Å². The van der Waals surface area contributed by atoms with E-state index in [-0.39, 0.29) is 18.0 Å². The number of amides is 1. The van der Waals surface area contributed by atoms with Crippen molar-refractivity contribution in [3.05, 3.63) is 88.4 Å². The number of anilines is 1. The van der Waals surface area contributed by atoms with Crippen LogP contribution in [-0.4, -0.2) is 32.3 Å². The van der Waals surface area contributed by atoms with Crippen LogP contribution in [0.5, 0.6) is 5.75 Å². The molecule has 0 atom stereocenters. The molecule has 1 amide bonds. The lowest BCUT2D eigenvalue weighted by Crippen LogP contribution is -2.37. The fourth-order valence-corrected chi connectivity index (χ4v) is 4.78. The first kappa shape index (κ1) is 23.8. The molecule has 0 radical (unpaired) electrons. The third kappa shape index (κ3) is 5.88. The minimum absolute atomic E-state index is 0.0466. The molecule has 0 aromatic heterocycles. The summed E-state index contributed by atoms with van der Waals surface area (Å²) in [4.78, 5) is 13.0. The number of carbonyl (C=O) groups is 1. The van der Waals surface area contributed by atoms with Gasteiger partial charge in [0.15, 0.2) is 0 Å². The summed E-state index contributed by atoms with van der Waals surface area (Å²) in [6.07, 6.45) is 0. The van der Waals surface area contributed by atoms with Gasteiger partial charge in [-0.2, -0.15) is 4.31 Å². The summed E-state index contributed by atoms with van der Waals surface area (Å²) in [5.74, 6) is 0.0221. The smallest absolute Gasteiger partial charge is 0.243 e. The van der Waals surface area contributed by atoms with Crippen LogP contribution in [0, 0.1) is 13.8 Å². The summed E-state index contributed by atoms with van der Waals surface area (Å²) in [5, 5.41) is 3.20. The van der Waals surface area contributed by atoms with Gasteiger partial charge < -0.3 is 10.1 Å². The maximum Gasteiger partial charge on any atom is 0.243 e. The number of ether oxygens (including phenoxy) is 1. The molecule has 0 heterocycles. The van der Waals surface area contributed by atoms with E-state index >= 15 is 0 Å². The van der Waals surface area contributed by atoms with Crippen molar-refractivity contribution in [3.8, 4) is 5.75 Å². The summed E-state index contributed by atoms with van der Waals surface area (Å²) < 4.78 is 33.2. The van der Waals surface area contributed by atoms with Gasteiger partial charge in [0.25, 0.3) is 0 Å². The Hall–Kier alpha value is -2.87. The highest BCUT2D eigenvalue weighted by molar-refractivity contribution is 7.89. The predicted octanol–water partition coefficient (Wildman–Crippen LogP) is 4.80. The molecule has 0 saturated carbocycles. The van der Waals surface area contributed by atoms with Crippen molar-refractivity contribution in [2.24, 2.45) is 0 Å². The van der Waals surface area contributed by atoms with Gasteiger partial charge in [-0.05, 0) is 61.4 Å². The van der Waals surface area contributed by atoms with Crippen LogP contribution in [0.3, 0.4) is 0 Å². The maximum absolute atomic E-state index is 13.4. The Labute approximate surface area is 193 Å². The molecule has 0 unspecified atom stereocenters. The quantitative estimate of drug-likeness (QED) is 0.511.